The number of benzene rings is 1. The van der Waals surface area contributed by atoms with Crippen molar-refractivity contribution >= 4 is 34.5 Å². The number of ether oxygens (including phenoxy) is 1. The van der Waals surface area contributed by atoms with Crippen LogP contribution in [0, 0.1) is 9.49 Å². The van der Waals surface area contributed by atoms with Gasteiger partial charge in [-0.15, -0.1) is 0 Å². The van der Waals surface area contributed by atoms with E-state index in [9.17, 15) is 9.59 Å². The van der Waals surface area contributed by atoms with E-state index < -0.39 is 5.97 Å². The highest BCUT2D eigenvalue weighted by molar-refractivity contribution is 14.1. The molecule has 2 N–H and O–H groups in total. The molecule has 6 heteroatoms. The van der Waals surface area contributed by atoms with Gasteiger partial charge in [0.2, 0.25) is 0 Å². The van der Waals surface area contributed by atoms with Crippen LogP contribution in [0.5, 0.6) is 5.75 Å². The molecule has 0 heterocycles. The first-order valence-electron chi connectivity index (χ1n) is 5.98. The normalized spacial score (nSPS) is 13.9. The molecular formula is C13H14INO4. The number of carboxylic acid groups (broad SMARTS) is 1. The van der Waals surface area contributed by atoms with Crippen molar-refractivity contribution in [3.8, 4) is 5.75 Å². The lowest BCUT2D eigenvalue weighted by Crippen LogP contribution is -2.30. The second-order valence-corrected chi connectivity index (χ2v) is 5.73. The molecule has 1 aromatic rings. The van der Waals surface area contributed by atoms with Gasteiger partial charge >= 0.3 is 5.97 Å². The van der Waals surface area contributed by atoms with E-state index in [1.807, 2.05) is 22.6 Å². The minimum atomic E-state index is -1.06. The van der Waals surface area contributed by atoms with Gasteiger partial charge in [0.25, 0.3) is 5.91 Å². The van der Waals surface area contributed by atoms with Crippen molar-refractivity contribution in [1.29, 1.82) is 0 Å². The van der Waals surface area contributed by atoms with E-state index in [1.165, 1.54) is 18.9 Å². The molecule has 1 aliphatic rings. The number of hydrogen-bond donors (Lipinski definition) is 2. The lowest BCUT2D eigenvalue weighted by Gasteiger charge is -2.09. The Labute approximate surface area is 124 Å². The summed E-state index contributed by atoms with van der Waals surface area (Å²) in [5.41, 5.74) is 0.0712. The van der Waals surface area contributed by atoms with Crippen molar-refractivity contribution < 1.29 is 19.4 Å². The molecule has 0 atom stereocenters. The second-order valence-electron chi connectivity index (χ2n) is 4.48. The van der Waals surface area contributed by atoms with Gasteiger partial charge in [-0.1, -0.05) is 0 Å². The molecule has 102 valence electrons. The summed E-state index contributed by atoms with van der Waals surface area (Å²) in [6.45, 7) is 0.522. The zero-order chi connectivity index (χ0) is 13.8. The average Bonchev–Trinajstić information content (AvgIpc) is 3.18. The van der Waals surface area contributed by atoms with E-state index in [1.54, 1.807) is 12.1 Å². The molecule has 5 nitrogen and oxygen atoms in total. The maximum atomic E-state index is 11.5. The van der Waals surface area contributed by atoms with Gasteiger partial charge in [0.1, 0.15) is 11.3 Å². The molecule has 0 radical (unpaired) electrons. The number of carbonyl (C=O) groups is 2. The quantitative estimate of drug-likeness (QED) is 0.745. The van der Waals surface area contributed by atoms with E-state index in [2.05, 4.69) is 5.32 Å². The largest absolute Gasteiger partial charge is 0.483 e. The van der Waals surface area contributed by atoms with Crippen LogP contribution in [0.4, 0.5) is 0 Å². The first kappa shape index (κ1) is 14.1. The Morgan fingerprint density at radius 3 is 2.79 bits per heavy atom. The molecule has 1 saturated carbocycles. The van der Waals surface area contributed by atoms with E-state index in [4.69, 9.17) is 9.84 Å². The Balaban J connectivity index is 1.90. The number of halogens is 1. The molecule has 0 aromatic heterocycles. The number of carboxylic acids is 1. The van der Waals surface area contributed by atoms with Crippen LogP contribution in [0.25, 0.3) is 0 Å². The maximum Gasteiger partial charge on any atom is 0.339 e. The summed E-state index contributed by atoms with van der Waals surface area (Å²) >= 11 is 2.03. The summed E-state index contributed by atoms with van der Waals surface area (Å²) < 4.78 is 6.08. The molecule has 1 aromatic carbocycles. The highest BCUT2D eigenvalue weighted by Crippen LogP contribution is 2.27. The third-order valence-electron chi connectivity index (χ3n) is 2.82. The molecule has 0 unspecified atom stereocenters. The predicted octanol–water partition coefficient (Wildman–Crippen LogP) is 1.89. The number of rotatable bonds is 6. The number of hydrogen-bond acceptors (Lipinski definition) is 3. The summed E-state index contributed by atoms with van der Waals surface area (Å²) in [5, 5.41) is 11.8. The van der Waals surface area contributed by atoms with E-state index in [0.717, 1.165) is 3.57 Å². The number of amides is 1. The summed E-state index contributed by atoms with van der Waals surface area (Å²) in [6.07, 6.45) is 2.34. The molecule has 0 aliphatic heterocycles. The van der Waals surface area contributed by atoms with Crippen LogP contribution in [0.2, 0.25) is 0 Å². The minimum absolute atomic E-state index is 0.0712. The average molecular weight is 375 g/mol. The Hall–Kier alpha value is -1.31. The Kier molecular flexibility index (Phi) is 4.62. The van der Waals surface area contributed by atoms with E-state index in [0.29, 0.717) is 12.5 Å². The molecular weight excluding hydrogens is 361 g/mol. The summed E-state index contributed by atoms with van der Waals surface area (Å²) in [7, 11) is 0. The van der Waals surface area contributed by atoms with Gasteiger partial charge in [-0.3, -0.25) is 4.79 Å². The maximum absolute atomic E-state index is 11.5. The van der Waals surface area contributed by atoms with Crippen LogP contribution in [-0.2, 0) is 4.79 Å². The van der Waals surface area contributed by atoms with Crippen molar-refractivity contribution in [2.45, 2.75) is 12.8 Å². The molecule has 19 heavy (non-hydrogen) atoms. The SMILES string of the molecule is O=C(COc1ccc(I)cc1C(=O)O)NCC1CC1. The fraction of sp³-hybridized carbons (Fsp3) is 0.385. The van der Waals surface area contributed by atoms with Gasteiger partial charge in [-0.05, 0) is 59.5 Å². The molecule has 0 spiro atoms. The highest BCUT2D eigenvalue weighted by Gasteiger charge is 2.21. The summed E-state index contributed by atoms with van der Waals surface area (Å²) in [5.74, 6) is -0.458. The molecule has 2 rings (SSSR count). The van der Waals surface area contributed by atoms with Gasteiger partial charge in [0, 0.05) is 10.1 Å². The topological polar surface area (TPSA) is 75.6 Å². The van der Waals surface area contributed by atoms with E-state index in [-0.39, 0.29) is 23.8 Å². The van der Waals surface area contributed by atoms with Crippen LogP contribution >= 0.6 is 22.6 Å². The van der Waals surface area contributed by atoms with Crippen molar-refractivity contribution in [2.75, 3.05) is 13.2 Å². The third kappa shape index (κ3) is 4.38. The van der Waals surface area contributed by atoms with Crippen LogP contribution in [-0.4, -0.2) is 30.1 Å². The lowest BCUT2D eigenvalue weighted by atomic mass is 10.2. The van der Waals surface area contributed by atoms with E-state index >= 15 is 0 Å². The highest BCUT2D eigenvalue weighted by atomic mass is 127. The minimum Gasteiger partial charge on any atom is -0.483 e. The fourth-order valence-electron chi connectivity index (χ4n) is 1.57. The number of nitrogens with one attached hydrogen (secondary N) is 1. The zero-order valence-electron chi connectivity index (χ0n) is 10.2. The Bertz CT molecular complexity index is 499. The van der Waals surface area contributed by atoms with Gasteiger partial charge in [0.15, 0.2) is 6.61 Å². The monoisotopic (exact) mass is 375 g/mol. The summed E-state index contributed by atoms with van der Waals surface area (Å²) in [6, 6.07) is 4.82. The van der Waals surface area contributed by atoms with Gasteiger partial charge < -0.3 is 15.2 Å². The van der Waals surface area contributed by atoms with Crippen molar-refractivity contribution in [2.24, 2.45) is 5.92 Å². The molecule has 0 bridgehead atoms. The smallest absolute Gasteiger partial charge is 0.339 e. The van der Waals surface area contributed by atoms with Crippen LogP contribution in [0.1, 0.15) is 23.2 Å². The van der Waals surface area contributed by atoms with Crippen molar-refractivity contribution in [3.63, 3.8) is 0 Å². The van der Waals surface area contributed by atoms with Crippen LogP contribution in [0.3, 0.4) is 0 Å². The Morgan fingerprint density at radius 2 is 2.16 bits per heavy atom. The molecule has 1 aliphatic carbocycles. The molecule has 1 fully saturated rings. The molecule has 0 saturated heterocycles. The van der Waals surface area contributed by atoms with Gasteiger partial charge in [-0.2, -0.15) is 0 Å². The van der Waals surface area contributed by atoms with Crippen LogP contribution < -0.4 is 10.1 Å². The Morgan fingerprint density at radius 1 is 1.42 bits per heavy atom. The first-order chi connectivity index (χ1) is 9.06. The fourth-order valence-corrected chi connectivity index (χ4v) is 2.06. The zero-order valence-corrected chi connectivity index (χ0v) is 12.3. The number of aromatic carboxylic acids is 1. The summed E-state index contributed by atoms with van der Waals surface area (Å²) in [4.78, 5) is 22.6. The molecule has 1 amide bonds. The standard InChI is InChI=1S/C13H14INO4/c14-9-3-4-11(10(5-9)13(17)18)19-7-12(16)15-6-8-1-2-8/h3-5,8H,1-2,6-7H2,(H,15,16)(H,17,18). The van der Waals surface area contributed by atoms with Crippen molar-refractivity contribution in [3.05, 3.63) is 27.3 Å². The predicted molar refractivity (Wildman–Crippen MR) is 77.3 cm³/mol. The lowest BCUT2D eigenvalue weighted by molar-refractivity contribution is -0.123. The van der Waals surface area contributed by atoms with Gasteiger partial charge in [0.05, 0.1) is 0 Å². The van der Waals surface area contributed by atoms with Gasteiger partial charge in [-0.25, -0.2) is 4.79 Å². The third-order valence-corrected chi connectivity index (χ3v) is 3.49. The van der Waals surface area contributed by atoms with Crippen LogP contribution in [0.15, 0.2) is 18.2 Å². The number of carbonyl (C=O) groups excluding carboxylic acids is 1. The second kappa shape index (κ2) is 6.23. The van der Waals surface area contributed by atoms with Crippen molar-refractivity contribution in [1.82, 2.24) is 5.32 Å². The first-order valence-corrected chi connectivity index (χ1v) is 7.06.